The van der Waals surface area contributed by atoms with E-state index in [-0.39, 0.29) is 10.8 Å². The zero-order valence-corrected chi connectivity index (χ0v) is 20.3. The molecule has 1 amide bonds. The van der Waals surface area contributed by atoms with Crippen LogP contribution in [0.2, 0.25) is 0 Å². The lowest BCUT2D eigenvalue weighted by Crippen LogP contribution is -2.40. The van der Waals surface area contributed by atoms with E-state index in [4.69, 9.17) is 4.74 Å². The fourth-order valence-corrected chi connectivity index (χ4v) is 5.41. The molecule has 0 saturated carbocycles. The number of rotatable bonds is 10. The first-order valence-corrected chi connectivity index (χ1v) is 12.7. The Labute approximate surface area is 190 Å². The van der Waals surface area contributed by atoms with Gasteiger partial charge in [-0.25, -0.2) is 13.4 Å². The minimum Gasteiger partial charge on any atom is -0.379 e. The molecule has 32 heavy (non-hydrogen) atoms. The second kappa shape index (κ2) is 10.7. The average Bonchev–Trinajstić information content (AvgIpc) is 3.10. The summed E-state index contributed by atoms with van der Waals surface area (Å²) in [6, 6.07) is 5.48. The van der Waals surface area contributed by atoms with Gasteiger partial charge in [-0.1, -0.05) is 6.92 Å². The molecule has 0 spiro atoms. The lowest BCUT2D eigenvalue weighted by molar-refractivity contribution is -0.121. The first-order chi connectivity index (χ1) is 15.2. The number of imidazole rings is 1. The van der Waals surface area contributed by atoms with E-state index < -0.39 is 10.0 Å². The summed E-state index contributed by atoms with van der Waals surface area (Å²) in [7, 11) is -1.68. The minimum absolute atomic E-state index is 0.00699. The molecule has 1 saturated heterocycles. The molecule has 2 heterocycles. The normalized spacial score (nSPS) is 15.7. The smallest absolute Gasteiger partial charge is 0.243 e. The van der Waals surface area contributed by atoms with Gasteiger partial charge in [0, 0.05) is 52.1 Å². The molecule has 2 aromatic rings. The minimum atomic E-state index is -3.57. The number of morpholine rings is 1. The van der Waals surface area contributed by atoms with Crippen molar-refractivity contribution in [3.05, 3.63) is 24.0 Å². The third-order valence-electron chi connectivity index (χ3n) is 5.99. The van der Waals surface area contributed by atoms with Gasteiger partial charge in [0.1, 0.15) is 5.82 Å². The number of ether oxygens (including phenoxy) is 1. The highest BCUT2D eigenvalue weighted by molar-refractivity contribution is 7.89. The van der Waals surface area contributed by atoms with Crippen molar-refractivity contribution in [1.82, 2.24) is 24.1 Å². The maximum Gasteiger partial charge on any atom is 0.243 e. The third-order valence-corrected chi connectivity index (χ3v) is 7.88. The van der Waals surface area contributed by atoms with Gasteiger partial charge in [-0.3, -0.25) is 9.69 Å². The maximum atomic E-state index is 12.9. The number of hydrogen-bond acceptors (Lipinski definition) is 6. The van der Waals surface area contributed by atoms with Crippen molar-refractivity contribution >= 4 is 27.0 Å². The molecule has 9 nitrogen and oxygen atoms in total. The number of carbonyl (C=O) groups excluding carboxylic acids is 1. The molecule has 10 heteroatoms. The van der Waals surface area contributed by atoms with Crippen LogP contribution < -0.4 is 5.32 Å². The van der Waals surface area contributed by atoms with Crippen molar-refractivity contribution in [3.8, 4) is 0 Å². The van der Waals surface area contributed by atoms with E-state index >= 15 is 0 Å². The molecule has 0 radical (unpaired) electrons. The van der Waals surface area contributed by atoms with Crippen LogP contribution in [-0.2, 0) is 33.0 Å². The predicted molar refractivity (Wildman–Crippen MR) is 124 cm³/mol. The van der Waals surface area contributed by atoms with Crippen molar-refractivity contribution in [2.75, 3.05) is 45.9 Å². The Morgan fingerprint density at radius 3 is 2.66 bits per heavy atom. The average molecular weight is 466 g/mol. The van der Waals surface area contributed by atoms with Crippen LogP contribution in [-0.4, -0.2) is 85.1 Å². The van der Waals surface area contributed by atoms with Crippen LogP contribution >= 0.6 is 0 Å². The number of likely N-dealkylation sites (N-methyl/N-ethyl adjacent to an activating group) is 1. The fourth-order valence-electron chi connectivity index (χ4n) is 3.98. The monoisotopic (exact) mass is 465 g/mol. The van der Waals surface area contributed by atoms with E-state index in [1.807, 2.05) is 11.6 Å². The van der Waals surface area contributed by atoms with Crippen molar-refractivity contribution in [3.63, 3.8) is 0 Å². The second-order valence-electron chi connectivity index (χ2n) is 8.33. The number of hydrogen-bond donors (Lipinski definition) is 1. The Kier molecular flexibility index (Phi) is 8.26. The van der Waals surface area contributed by atoms with Crippen LogP contribution in [0.15, 0.2) is 23.1 Å². The molecule has 1 fully saturated rings. The number of aromatic nitrogens is 2. The highest BCUT2D eigenvalue weighted by Gasteiger charge is 2.27. The molecule has 0 bridgehead atoms. The number of sulfonamides is 1. The highest BCUT2D eigenvalue weighted by atomic mass is 32.2. The number of benzene rings is 1. The summed E-state index contributed by atoms with van der Waals surface area (Å²) in [4.78, 5) is 19.4. The maximum absolute atomic E-state index is 12.9. The number of nitrogens with zero attached hydrogens (tertiary/aromatic N) is 4. The standard InChI is InChI=1S/C22H35N5O4S/c1-5-26(17(2)3)11-10-23-22(28)9-8-21-24-19-16-18(6-7-20(19)25(21)4)32(29,30)27-12-14-31-15-13-27/h6-7,16-17H,5,8-15H2,1-4H3,(H,23,28). The van der Waals surface area contributed by atoms with Gasteiger partial charge < -0.3 is 14.6 Å². The van der Waals surface area contributed by atoms with Crippen molar-refractivity contribution < 1.29 is 17.9 Å². The molecule has 3 rings (SSSR count). The number of fused-ring (bicyclic) bond motifs is 1. The molecule has 1 aromatic heterocycles. The zero-order valence-electron chi connectivity index (χ0n) is 19.5. The molecule has 1 aliphatic rings. The van der Waals surface area contributed by atoms with Gasteiger partial charge >= 0.3 is 0 Å². The number of aryl methyl sites for hydroxylation is 2. The Morgan fingerprint density at radius 1 is 1.28 bits per heavy atom. The van der Waals surface area contributed by atoms with Gasteiger partial charge in [-0.15, -0.1) is 0 Å². The van der Waals surface area contributed by atoms with Gasteiger partial charge in [0.15, 0.2) is 0 Å². The number of amides is 1. The van der Waals surface area contributed by atoms with E-state index in [0.717, 1.165) is 24.4 Å². The van der Waals surface area contributed by atoms with Gasteiger partial charge in [0.2, 0.25) is 15.9 Å². The summed E-state index contributed by atoms with van der Waals surface area (Å²) in [6.45, 7) is 10.3. The van der Waals surface area contributed by atoms with E-state index in [0.29, 0.717) is 57.2 Å². The van der Waals surface area contributed by atoms with E-state index in [1.54, 1.807) is 18.2 Å². The number of carbonyl (C=O) groups is 1. The second-order valence-corrected chi connectivity index (χ2v) is 10.3. The molecule has 0 aliphatic carbocycles. The van der Waals surface area contributed by atoms with E-state index in [1.165, 1.54) is 4.31 Å². The summed E-state index contributed by atoms with van der Waals surface area (Å²) in [5, 5.41) is 2.98. The summed E-state index contributed by atoms with van der Waals surface area (Å²) < 4.78 is 34.5. The van der Waals surface area contributed by atoms with Gasteiger partial charge in [0.25, 0.3) is 0 Å². The molecule has 0 unspecified atom stereocenters. The summed E-state index contributed by atoms with van der Waals surface area (Å²) in [5.41, 5.74) is 1.46. The van der Waals surface area contributed by atoms with E-state index in [9.17, 15) is 13.2 Å². The predicted octanol–water partition coefficient (Wildman–Crippen LogP) is 1.37. The molecule has 1 aromatic carbocycles. The van der Waals surface area contributed by atoms with Crippen LogP contribution in [0.5, 0.6) is 0 Å². The SMILES string of the molecule is CCN(CCNC(=O)CCc1nc2cc(S(=O)(=O)N3CCOCC3)ccc2n1C)C(C)C. The molecular weight excluding hydrogens is 430 g/mol. The van der Waals surface area contributed by atoms with Gasteiger partial charge in [-0.05, 0) is 38.6 Å². The van der Waals surface area contributed by atoms with Crippen LogP contribution in [0.25, 0.3) is 11.0 Å². The molecule has 0 atom stereocenters. The van der Waals surface area contributed by atoms with Crippen LogP contribution in [0.3, 0.4) is 0 Å². The Bertz CT molecular complexity index is 1030. The van der Waals surface area contributed by atoms with Crippen LogP contribution in [0.4, 0.5) is 0 Å². The lowest BCUT2D eigenvalue weighted by Gasteiger charge is -2.26. The largest absolute Gasteiger partial charge is 0.379 e. The third kappa shape index (κ3) is 5.67. The van der Waals surface area contributed by atoms with Crippen molar-refractivity contribution in [2.24, 2.45) is 7.05 Å². The first kappa shape index (κ1) is 24.6. The fraction of sp³-hybridized carbons (Fsp3) is 0.636. The zero-order chi connectivity index (χ0) is 23.3. The molecular formula is C22H35N5O4S. The van der Waals surface area contributed by atoms with Gasteiger partial charge in [-0.2, -0.15) is 4.31 Å². The molecule has 1 aliphatic heterocycles. The van der Waals surface area contributed by atoms with Crippen LogP contribution in [0, 0.1) is 0 Å². The van der Waals surface area contributed by atoms with Crippen LogP contribution in [0.1, 0.15) is 33.0 Å². The van der Waals surface area contributed by atoms with Crippen molar-refractivity contribution in [1.29, 1.82) is 0 Å². The summed E-state index contributed by atoms with van der Waals surface area (Å²) in [5.74, 6) is 0.751. The van der Waals surface area contributed by atoms with E-state index in [2.05, 4.69) is 36.0 Å². The highest BCUT2D eigenvalue weighted by Crippen LogP contribution is 2.23. The topological polar surface area (TPSA) is 96.8 Å². The summed E-state index contributed by atoms with van der Waals surface area (Å²) >= 11 is 0. The lowest BCUT2D eigenvalue weighted by atomic mass is 10.2. The molecule has 178 valence electrons. The summed E-state index contributed by atoms with van der Waals surface area (Å²) in [6.07, 6.45) is 0.828. The Hall–Kier alpha value is -2.01. The first-order valence-electron chi connectivity index (χ1n) is 11.3. The Balaban J connectivity index is 1.63. The Morgan fingerprint density at radius 2 is 2.00 bits per heavy atom. The van der Waals surface area contributed by atoms with Gasteiger partial charge in [0.05, 0.1) is 29.1 Å². The van der Waals surface area contributed by atoms with Crippen molar-refractivity contribution in [2.45, 2.75) is 44.6 Å². The molecule has 1 N–H and O–H groups in total. The number of nitrogens with one attached hydrogen (secondary N) is 1. The quantitative estimate of drug-likeness (QED) is 0.569.